The first-order valence-corrected chi connectivity index (χ1v) is 9.86. The molecular weight excluding hydrogens is 356 g/mol. The zero-order valence-electron chi connectivity index (χ0n) is 16.0. The molecule has 0 unspecified atom stereocenters. The highest BCUT2D eigenvalue weighted by atomic mass is 17.3. The molecule has 5 rings (SSSR count). The molecule has 0 amide bonds. The number of esters is 1. The Bertz CT molecular complexity index is 623. The van der Waals surface area contributed by atoms with Crippen molar-refractivity contribution in [3.05, 3.63) is 0 Å². The molecule has 5 aliphatic rings. The van der Waals surface area contributed by atoms with E-state index in [1.165, 1.54) is 0 Å². The van der Waals surface area contributed by atoms with Crippen molar-refractivity contribution < 1.29 is 38.7 Å². The zero-order chi connectivity index (χ0) is 19.4. The molecule has 2 bridgehead atoms. The van der Waals surface area contributed by atoms with E-state index in [-0.39, 0.29) is 30.6 Å². The van der Waals surface area contributed by atoms with Gasteiger partial charge in [-0.05, 0) is 38.0 Å². The number of rotatable bonds is 4. The molecule has 1 aliphatic carbocycles. The second-order valence-electron chi connectivity index (χ2n) is 8.66. The van der Waals surface area contributed by atoms with Crippen LogP contribution in [0.25, 0.3) is 0 Å². The Hall–Kier alpha value is -1.22. The van der Waals surface area contributed by atoms with Gasteiger partial charge in [0.2, 0.25) is 12.1 Å². The van der Waals surface area contributed by atoms with Gasteiger partial charge >= 0.3 is 11.9 Å². The molecule has 1 N–H and O–H groups in total. The molecule has 4 saturated heterocycles. The molecule has 8 nitrogen and oxygen atoms in total. The minimum absolute atomic E-state index is 0.0670. The van der Waals surface area contributed by atoms with Gasteiger partial charge in [0, 0.05) is 18.3 Å². The van der Waals surface area contributed by atoms with Gasteiger partial charge in [-0.3, -0.25) is 9.59 Å². The van der Waals surface area contributed by atoms with Crippen molar-refractivity contribution in [1.82, 2.24) is 0 Å². The lowest BCUT2D eigenvalue weighted by Crippen LogP contribution is -2.70. The summed E-state index contributed by atoms with van der Waals surface area (Å²) >= 11 is 0. The molecule has 1 spiro atoms. The van der Waals surface area contributed by atoms with Crippen LogP contribution in [0.3, 0.4) is 0 Å². The molecule has 4 heterocycles. The van der Waals surface area contributed by atoms with E-state index in [0.717, 1.165) is 19.3 Å². The zero-order valence-corrected chi connectivity index (χ0v) is 16.0. The Balaban J connectivity index is 1.58. The molecule has 0 radical (unpaired) electrons. The maximum Gasteiger partial charge on any atom is 0.308 e. The van der Waals surface area contributed by atoms with Gasteiger partial charge in [0.25, 0.3) is 0 Å². The number of ether oxygens (including phenoxy) is 3. The lowest BCUT2D eigenvalue weighted by Gasteiger charge is -2.59. The fourth-order valence-electron chi connectivity index (χ4n) is 5.40. The Morgan fingerprint density at radius 3 is 2.63 bits per heavy atom. The predicted octanol–water partition coefficient (Wildman–Crippen LogP) is 2.60. The summed E-state index contributed by atoms with van der Waals surface area (Å²) in [5.74, 6) is -1.82. The van der Waals surface area contributed by atoms with Crippen LogP contribution < -0.4 is 0 Å². The van der Waals surface area contributed by atoms with E-state index in [4.69, 9.17) is 29.1 Å². The van der Waals surface area contributed by atoms with Gasteiger partial charge < -0.3 is 19.3 Å². The topological polar surface area (TPSA) is 101 Å². The quantitative estimate of drug-likeness (QED) is 0.583. The smallest absolute Gasteiger partial charge is 0.308 e. The number of carboxylic acid groups (broad SMARTS) is 1. The van der Waals surface area contributed by atoms with Gasteiger partial charge in [-0.15, -0.1) is 0 Å². The van der Waals surface area contributed by atoms with Crippen LogP contribution in [0.2, 0.25) is 0 Å². The maximum absolute atomic E-state index is 12.1. The van der Waals surface area contributed by atoms with E-state index in [2.05, 4.69) is 6.92 Å². The Morgan fingerprint density at radius 1 is 1.11 bits per heavy atom. The molecule has 0 aromatic carbocycles. The van der Waals surface area contributed by atoms with Crippen molar-refractivity contribution in [3.8, 4) is 0 Å². The van der Waals surface area contributed by atoms with E-state index in [9.17, 15) is 9.59 Å². The van der Waals surface area contributed by atoms with Crippen LogP contribution in [0.5, 0.6) is 0 Å². The average molecular weight is 384 g/mol. The van der Waals surface area contributed by atoms with Crippen molar-refractivity contribution in [1.29, 1.82) is 0 Å². The lowest BCUT2D eigenvalue weighted by atomic mass is 9.58. The summed E-state index contributed by atoms with van der Waals surface area (Å²) < 4.78 is 17.8. The highest BCUT2D eigenvalue weighted by molar-refractivity contribution is 5.76. The first-order valence-electron chi connectivity index (χ1n) is 9.86. The first kappa shape index (κ1) is 19.1. The third kappa shape index (κ3) is 3.06. The average Bonchev–Trinajstić information content (AvgIpc) is 2.84. The van der Waals surface area contributed by atoms with E-state index >= 15 is 0 Å². The largest absolute Gasteiger partial charge is 0.481 e. The Labute approximate surface area is 158 Å². The van der Waals surface area contributed by atoms with Gasteiger partial charge in [-0.2, -0.15) is 0 Å². The van der Waals surface area contributed by atoms with Crippen LogP contribution in [0.15, 0.2) is 0 Å². The summed E-state index contributed by atoms with van der Waals surface area (Å²) in [6.07, 6.45) is 1.72. The maximum atomic E-state index is 12.1. The number of fused-ring (bicyclic) bond motifs is 2. The van der Waals surface area contributed by atoms with Crippen molar-refractivity contribution >= 4 is 11.9 Å². The summed E-state index contributed by atoms with van der Waals surface area (Å²) in [4.78, 5) is 34.5. The lowest BCUT2D eigenvalue weighted by molar-refractivity contribution is -0.576. The van der Waals surface area contributed by atoms with E-state index < -0.39 is 35.9 Å². The molecule has 4 aliphatic heterocycles. The fourth-order valence-corrected chi connectivity index (χ4v) is 5.40. The van der Waals surface area contributed by atoms with Crippen LogP contribution in [-0.2, 0) is 33.6 Å². The van der Waals surface area contributed by atoms with Gasteiger partial charge in [-0.25, -0.2) is 9.78 Å². The number of carboxylic acids is 1. The summed E-state index contributed by atoms with van der Waals surface area (Å²) in [6, 6.07) is 0. The highest BCUT2D eigenvalue weighted by Gasteiger charge is 2.69. The van der Waals surface area contributed by atoms with Crippen molar-refractivity contribution in [2.45, 2.75) is 83.3 Å². The molecule has 8 heteroatoms. The predicted molar refractivity (Wildman–Crippen MR) is 89.8 cm³/mol. The van der Waals surface area contributed by atoms with Crippen molar-refractivity contribution in [2.24, 2.45) is 23.7 Å². The van der Waals surface area contributed by atoms with Crippen LogP contribution >= 0.6 is 0 Å². The molecule has 8 atom stereocenters. The molecular formula is C19H28O8. The standard InChI is InChI=1S/C19H28O8/c1-10-4-5-13-11(2)16(23-15(22)7-6-14(20)21)24-17-19(13)12(10)8-9-18(3,25-17)26-27-19/h10-13,16-17H,4-9H2,1-3H3,(H,20,21)/t10-,11+,12-,13-,16-,17+,18-,19-/m1/s1. The van der Waals surface area contributed by atoms with E-state index in [1.54, 1.807) is 0 Å². The summed E-state index contributed by atoms with van der Waals surface area (Å²) in [7, 11) is 0. The number of hydrogen-bond acceptors (Lipinski definition) is 7. The molecule has 0 aromatic heterocycles. The molecule has 152 valence electrons. The number of aliphatic carboxylic acids is 1. The van der Waals surface area contributed by atoms with Gasteiger partial charge in [0.05, 0.1) is 12.8 Å². The second-order valence-corrected chi connectivity index (χ2v) is 8.66. The molecule has 0 aromatic rings. The van der Waals surface area contributed by atoms with Crippen LogP contribution in [0, 0.1) is 23.7 Å². The minimum Gasteiger partial charge on any atom is -0.481 e. The number of carbonyl (C=O) groups excluding carboxylic acids is 1. The van der Waals surface area contributed by atoms with Gasteiger partial charge in [0.1, 0.15) is 0 Å². The van der Waals surface area contributed by atoms with Crippen LogP contribution in [0.4, 0.5) is 0 Å². The Kier molecular flexibility index (Phi) is 4.73. The first-order chi connectivity index (χ1) is 12.7. The molecule has 1 saturated carbocycles. The number of hydrogen-bond donors (Lipinski definition) is 1. The monoisotopic (exact) mass is 384 g/mol. The van der Waals surface area contributed by atoms with Gasteiger partial charge in [0.15, 0.2) is 11.9 Å². The molecule has 27 heavy (non-hydrogen) atoms. The normalized spacial score (nSPS) is 48.4. The van der Waals surface area contributed by atoms with Crippen molar-refractivity contribution in [2.75, 3.05) is 0 Å². The van der Waals surface area contributed by atoms with E-state index in [1.807, 2.05) is 13.8 Å². The molecule has 5 fully saturated rings. The van der Waals surface area contributed by atoms with Gasteiger partial charge in [-0.1, -0.05) is 13.8 Å². The minimum atomic E-state index is -1.03. The van der Waals surface area contributed by atoms with Crippen LogP contribution in [0.1, 0.15) is 59.3 Å². The fraction of sp³-hybridized carbons (Fsp3) is 0.895. The third-order valence-corrected chi connectivity index (χ3v) is 6.89. The van der Waals surface area contributed by atoms with Crippen molar-refractivity contribution in [3.63, 3.8) is 0 Å². The summed E-state index contributed by atoms with van der Waals surface area (Å²) in [5.41, 5.74) is -0.697. The summed E-state index contributed by atoms with van der Waals surface area (Å²) in [5, 5.41) is 8.76. The Morgan fingerprint density at radius 2 is 1.89 bits per heavy atom. The second kappa shape index (κ2) is 6.69. The SMILES string of the molecule is C[C@@H]1[C@H](OC(=O)CCC(=O)O)O[C@H]2O[C@@]3(C)CC[C@@H]4[C@H](C)CC[C@H]1[C@@]24OO3. The van der Waals surface area contributed by atoms with Crippen LogP contribution in [-0.4, -0.2) is 41.0 Å². The third-order valence-electron chi connectivity index (χ3n) is 6.89. The number of carbonyl (C=O) groups is 2. The summed E-state index contributed by atoms with van der Waals surface area (Å²) in [6.45, 7) is 6.06. The highest BCUT2D eigenvalue weighted by Crippen LogP contribution is 2.60. The van der Waals surface area contributed by atoms with E-state index in [0.29, 0.717) is 12.3 Å².